The summed E-state index contributed by atoms with van der Waals surface area (Å²) in [7, 11) is 0. The van der Waals surface area contributed by atoms with Gasteiger partial charge in [0.25, 0.3) is 5.91 Å². The maximum absolute atomic E-state index is 11.7. The van der Waals surface area contributed by atoms with Crippen LogP contribution in [0.2, 0.25) is 0 Å². The molecule has 0 radical (unpaired) electrons. The Kier molecular flexibility index (Phi) is 3.71. The minimum atomic E-state index is -0.159. The van der Waals surface area contributed by atoms with Gasteiger partial charge in [0.05, 0.1) is 5.56 Å². The third-order valence-electron chi connectivity index (χ3n) is 3.19. The first kappa shape index (κ1) is 11.6. The molecule has 1 amide bonds. The first-order valence-corrected chi connectivity index (χ1v) is 5.94. The van der Waals surface area contributed by atoms with Crippen LogP contribution < -0.4 is 5.32 Å². The predicted molar refractivity (Wildman–Crippen MR) is 63.2 cm³/mol. The van der Waals surface area contributed by atoms with Gasteiger partial charge in [-0.15, -0.1) is 0 Å². The summed E-state index contributed by atoms with van der Waals surface area (Å²) in [4.78, 5) is 15.6. The number of carbonyl (C=O) groups is 1. The molecule has 17 heavy (non-hydrogen) atoms. The summed E-state index contributed by atoms with van der Waals surface area (Å²) >= 11 is 0. The van der Waals surface area contributed by atoms with Crippen molar-refractivity contribution in [3.8, 4) is 6.07 Å². The Labute approximate surface area is 101 Å². The summed E-state index contributed by atoms with van der Waals surface area (Å²) < 4.78 is 0. The lowest BCUT2D eigenvalue weighted by molar-refractivity contribution is 0.0944. The summed E-state index contributed by atoms with van der Waals surface area (Å²) in [5.74, 6) is 0.637. The van der Waals surface area contributed by atoms with E-state index in [1.165, 1.54) is 25.5 Å². The molecule has 0 bridgehead atoms. The summed E-state index contributed by atoms with van der Waals surface area (Å²) in [6.07, 6.45) is 6.40. The minimum absolute atomic E-state index is 0.159. The molecule has 4 heteroatoms. The van der Waals surface area contributed by atoms with Crippen LogP contribution in [0.15, 0.2) is 18.3 Å². The first-order valence-electron chi connectivity index (χ1n) is 5.94. The van der Waals surface area contributed by atoms with Crippen LogP contribution in [0.25, 0.3) is 0 Å². The monoisotopic (exact) mass is 229 g/mol. The van der Waals surface area contributed by atoms with Crippen molar-refractivity contribution in [3.05, 3.63) is 29.6 Å². The third kappa shape index (κ3) is 3.04. The third-order valence-corrected chi connectivity index (χ3v) is 3.19. The van der Waals surface area contributed by atoms with Gasteiger partial charge in [-0.1, -0.05) is 19.3 Å². The summed E-state index contributed by atoms with van der Waals surface area (Å²) in [5.41, 5.74) is 0.841. The van der Waals surface area contributed by atoms with Crippen LogP contribution in [0, 0.1) is 17.2 Å². The van der Waals surface area contributed by atoms with E-state index < -0.39 is 0 Å². The van der Waals surface area contributed by atoms with Gasteiger partial charge in [0.15, 0.2) is 0 Å². The maximum Gasteiger partial charge on any atom is 0.269 e. The molecule has 1 aromatic rings. The molecule has 0 unspecified atom stereocenters. The molecule has 1 aliphatic rings. The van der Waals surface area contributed by atoms with E-state index in [-0.39, 0.29) is 5.91 Å². The average Bonchev–Trinajstić information content (AvgIpc) is 2.32. The number of amides is 1. The van der Waals surface area contributed by atoms with Gasteiger partial charge in [0.2, 0.25) is 0 Å². The zero-order valence-corrected chi connectivity index (χ0v) is 9.65. The standard InChI is InChI=1S/C13H15N3O/c14-8-11-4-5-12(16-9-11)13(17)15-7-6-10-2-1-3-10/h4-5,9-10H,1-3,6-7H2,(H,15,17). The second kappa shape index (κ2) is 5.44. The van der Waals surface area contributed by atoms with E-state index in [1.54, 1.807) is 12.1 Å². The molecule has 1 heterocycles. The average molecular weight is 229 g/mol. The van der Waals surface area contributed by atoms with Crippen LogP contribution in [-0.4, -0.2) is 17.4 Å². The van der Waals surface area contributed by atoms with Crippen molar-refractivity contribution >= 4 is 5.91 Å². The zero-order valence-electron chi connectivity index (χ0n) is 9.65. The molecule has 0 spiro atoms. The van der Waals surface area contributed by atoms with E-state index in [0.29, 0.717) is 17.8 Å². The Bertz CT molecular complexity index is 429. The smallest absolute Gasteiger partial charge is 0.269 e. The van der Waals surface area contributed by atoms with Gasteiger partial charge >= 0.3 is 0 Å². The Morgan fingerprint density at radius 1 is 1.53 bits per heavy atom. The molecule has 1 aliphatic carbocycles. The molecule has 0 atom stereocenters. The molecule has 0 aliphatic heterocycles. The van der Waals surface area contributed by atoms with Gasteiger partial charge in [-0.25, -0.2) is 4.98 Å². The van der Waals surface area contributed by atoms with Gasteiger partial charge in [-0.3, -0.25) is 4.79 Å². The zero-order chi connectivity index (χ0) is 12.1. The molecule has 1 saturated carbocycles. The van der Waals surface area contributed by atoms with Crippen LogP contribution in [0.5, 0.6) is 0 Å². The molecular weight excluding hydrogens is 214 g/mol. The molecular formula is C13H15N3O. The fourth-order valence-electron chi connectivity index (χ4n) is 1.86. The number of nitrogens with zero attached hydrogens (tertiary/aromatic N) is 2. The number of aromatic nitrogens is 1. The van der Waals surface area contributed by atoms with Gasteiger partial charge in [-0.2, -0.15) is 5.26 Å². The van der Waals surface area contributed by atoms with Crippen molar-refractivity contribution in [1.82, 2.24) is 10.3 Å². The first-order chi connectivity index (χ1) is 8.29. The van der Waals surface area contributed by atoms with E-state index in [4.69, 9.17) is 5.26 Å². The highest BCUT2D eigenvalue weighted by Gasteiger charge is 2.17. The Morgan fingerprint density at radius 2 is 2.35 bits per heavy atom. The van der Waals surface area contributed by atoms with Crippen LogP contribution in [-0.2, 0) is 0 Å². The molecule has 88 valence electrons. The lowest BCUT2D eigenvalue weighted by Gasteiger charge is -2.25. The van der Waals surface area contributed by atoms with Crippen LogP contribution in [0.1, 0.15) is 41.7 Å². The SMILES string of the molecule is N#Cc1ccc(C(=O)NCCC2CCC2)nc1. The number of nitrogens with one attached hydrogen (secondary N) is 1. The minimum Gasteiger partial charge on any atom is -0.351 e. The second-order valence-electron chi connectivity index (χ2n) is 4.39. The number of hydrogen-bond donors (Lipinski definition) is 1. The molecule has 0 saturated heterocycles. The van der Waals surface area contributed by atoms with E-state index in [9.17, 15) is 4.79 Å². The fraction of sp³-hybridized carbons (Fsp3) is 0.462. The summed E-state index contributed by atoms with van der Waals surface area (Å²) in [6.45, 7) is 0.713. The maximum atomic E-state index is 11.7. The van der Waals surface area contributed by atoms with E-state index in [1.807, 2.05) is 6.07 Å². The molecule has 1 N–H and O–H groups in total. The highest BCUT2D eigenvalue weighted by molar-refractivity contribution is 5.92. The summed E-state index contributed by atoms with van der Waals surface area (Å²) in [6, 6.07) is 5.16. The number of nitriles is 1. The van der Waals surface area contributed by atoms with Crippen LogP contribution >= 0.6 is 0 Å². The van der Waals surface area contributed by atoms with Gasteiger partial charge in [-0.05, 0) is 24.5 Å². The quantitative estimate of drug-likeness (QED) is 0.857. The topological polar surface area (TPSA) is 65.8 Å². The highest BCUT2D eigenvalue weighted by Crippen LogP contribution is 2.28. The van der Waals surface area contributed by atoms with Crippen molar-refractivity contribution in [2.75, 3.05) is 6.54 Å². The molecule has 4 nitrogen and oxygen atoms in total. The number of rotatable bonds is 4. The summed E-state index contributed by atoms with van der Waals surface area (Å²) in [5, 5.41) is 11.5. The second-order valence-corrected chi connectivity index (χ2v) is 4.39. The van der Waals surface area contributed by atoms with E-state index >= 15 is 0 Å². The van der Waals surface area contributed by atoms with E-state index in [2.05, 4.69) is 10.3 Å². The van der Waals surface area contributed by atoms with Crippen molar-refractivity contribution < 1.29 is 4.79 Å². The molecule has 2 rings (SSSR count). The van der Waals surface area contributed by atoms with Crippen LogP contribution in [0.4, 0.5) is 0 Å². The van der Waals surface area contributed by atoms with Gasteiger partial charge in [0.1, 0.15) is 11.8 Å². The molecule has 1 fully saturated rings. The Hall–Kier alpha value is -1.89. The largest absolute Gasteiger partial charge is 0.351 e. The van der Waals surface area contributed by atoms with Crippen molar-refractivity contribution in [1.29, 1.82) is 5.26 Å². The molecule has 1 aromatic heterocycles. The number of pyridine rings is 1. The van der Waals surface area contributed by atoms with Gasteiger partial charge in [0, 0.05) is 12.7 Å². The molecule has 0 aromatic carbocycles. The number of hydrogen-bond acceptors (Lipinski definition) is 3. The fourth-order valence-corrected chi connectivity index (χ4v) is 1.86. The Balaban J connectivity index is 1.79. The lowest BCUT2D eigenvalue weighted by Crippen LogP contribution is -2.28. The Morgan fingerprint density at radius 3 is 2.88 bits per heavy atom. The lowest BCUT2D eigenvalue weighted by atomic mass is 9.83. The van der Waals surface area contributed by atoms with Crippen molar-refractivity contribution in [3.63, 3.8) is 0 Å². The predicted octanol–water partition coefficient (Wildman–Crippen LogP) is 1.87. The van der Waals surface area contributed by atoms with Crippen molar-refractivity contribution in [2.24, 2.45) is 5.92 Å². The normalized spacial score (nSPS) is 14.8. The number of carbonyl (C=O) groups excluding carboxylic acids is 1. The van der Waals surface area contributed by atoms with Crippen molar-refractivity contribution in [2.45, 2.75) is 25.7 Å². The van der Waals surface area contributed by atoms with Crippen LogP contribution in [0.3, 0.4) is 0 Å². The van der Waals surface area contributed by atoms with E-state index in [0.717, 1.165) is 12.3 Å². The highest BCUT2D eigenvalue weighted by atomic mass is 16.1. The van der Waals surface area contributed by atoms with Gasteiger partial charge < -0.3 is 5.32 Å².